The first-order chi connectivity index (χ1) is 13.9. The molecule has 0 bridgehead atoms. The van der Waals surface area contributed by atoms with Gasteiger partial charge in [0.2, 0.25) is 5.91 Å². The van der Waals surface area contributed by atoms with Gasteiger partial charge in [-0.05, 0) is 57.0 Å². The first kappa shape index (κ1) is 20.5. The van der Waals surface area contributed by atoms with E-state index in [1.165, 1.54) is 6.20 Å². The minimum Gasteiger partial charge on any atom is -0.354 e. The van der Waals surface area contributed by atoms with E-state index in [0.29, 0.717) is 42.7 Å². The number of aromatic nitrogens is 1. The Morgan fingerprint density at radius 3 is 2.45 bits per heavy atom. The molecule has 3 amide bonds. The molecule has 0 aliphatic carbocycles. The Bertz CT molecular complexity index is 875. The van der Waals surface area contributed by atoms with Gasteiger partial charge in [-0.1, -0.05) is 6.07 Å². The number of likely N-dealkylation sites (tertiary alicyclic amines) is 1. The van der Waals surface area contributed by atoms with Crippen LogP contribution in [0.3, 0.4) is 0 Å². The fourth-order valence-electron chi connectivity index (χ4n) is 3.36. The van der Waals surface area contributed by atoms with E-state index >= 15 is 0 Å². The van der Waals surface area contributed by atoms with Gasteiger partial charge in [0.05, 0.1) is 5.56 Å². The molecule has 0 spiro atoms. The highest BCUT2D eigenvalue weighted by Gasteiger charge is 2.28. The Kier molecular flexibility index (Phi) is 6.59. The zero-order valence-electron chi connectivity index (χ0n) is 16.7. The molecule has 29 heavy (non-hydrogen) atoms. The van der Waals surface area contributed by atoms with Crippen molar-refractivity contribution in [3.8, 4) is 0 Å². The highest BCUT2D eigenvalue weighted by Crippen LogP contribution is 2.21. The van der Waals surface area contributed by atoms with Crippen LogP contribution < -0.4 is 10.6 Å². The lowest BCUT2D eigenvalue weighted by Crippen LogP contribution is -2.44. The largest absolute Gasteiger partial charge is 0.354 e. The molecule has 0 radical (unpaired) electrons. The van der Waals surface area contributed by atoms with Gasteiger partial charge in [0.25, 0.3) is 11.8 Å². The number of anilines is 1. The molecule has 1 fully saturated rings. The van der Waals surface area contributed by atoms with Crippen LogP contribution in [0.15, 0.2) is 48.8 Å². The van der Waals surface area contributed by atoms with Crippen molar-refractivity contribution in [3.05, 3.63) is 59.9 Å². The minimum atomic E-state index is -0.278. The first-order valence-corrected chi connectivity index (χ1v) is 9.85. The minimum absolute atomic E-state index is 0.0495. The van der Waals surface area contributed by atoms with Gasteiger partial charge in [0.15, 0.2) is 0 Å². The van der Waals surface area contributed by atoms with Crippen LogP contribution in [-0.2, 0) is 4.79 Å². The maximum absolute atomic E-state index is 12.9. The van der Waals surface area contributed by atoms with Gasteiger partial charge in [0.1, 0.15) is 0 Å². The average molecular weight is 394 g/mol. The fourth-order valence-corrected chi connectivity index (χ4v) is 3.36. The zero-order chi connectivity index (χ0) is 20.8. The summed E-state index contributed by atoms with van der Waals surface area (Å²) in [6.07, 6.45) is 4.40. The van der Waals surface area contributed by atoms with Crippen molar-refractivity contribution in [2.75, 3.05) is 18.4 Å². The third kappa shape index (κ3) is 5.40. The summed E-state index contributed by atoms with van der Waals surface area (Å²) in [7, 11) is 0. The van der Waals surface area contributed by atoms with E-state index in [1.807, 2.05) is 13.8 Å². The molecule has 1 aromatic heterocycles. The predicted molar refractivity (Wildman–Crippen MR) is 111 cm³/mol. The Morgan fingerprint density at radius 2 is 1.79 bits per heavy atom. The molecular formula is C22H26N4O3. The molecule has 3 rings (SSSR count). The van der Waals surface area contributed by atoms with Crippen molar-refractivity contribution in [2.24, 2.45) is 5.92 Å². The van der Waals surface area contributed by atoms with Crippen molar-refractivity contribution < 1.29 is 14.4 Å². The number of carbonyl (C=O) groups is 3. The summed E-state index contributed by atoms with van der Waals surface area (Å²) < 4.78 is 0. The van der Waals surface area contributed by atoms with E-state index in [0.717, 1.165) is 0 Å². The maximum atomic E-state index is 12.9. The normalized spacial score (nSPS) is 14.5. The van der Waals surface area contributed by atoms with Crippen molar-refractivity contribution in [2.45, 2.75) is 32.7 Å². The second kappa shape index (κ2) is 9.32. The fraction of sp³-hybridized carbons (Fsp3) is 0.364. The van der Waals surface area contributed by atoms with Crippen LogP contribution in [0.5, 0.6) is 0 Å². The first-order valence-electron chi connectivity index (χ1n) is 9.85. The van der Waals surface area contributed by atoms with Gasteiger partial charge < -0.3 is 15.5 Å². The van der Waals surface area contributed by atoms with E-state index in [1.54, 1.807) is 47.5 Å². The SMILES string of the molecule is CC(C)NC(=O)C1CCN(C(=O)c2cccc(NC(=O)c3cccnc3)c2)CC1. The molecule has 2 aromatic rings. The van der Waals surface area contributed by atoms with Crippen LogP contribution in [0.2, 0.25) is 0 Å². The smallest absolute Gasteiger partial charge is 0.257 e. The van der Waals surface area contributed by atoms with Crippen LogP contribution in [-0.4, -0.2) is 46.7 Å². The van der Waals surface area contributed by atoms with E-state index < -0.39 is 0 Å². The van der Waals surface area contributed by atoms with Crippen LogP contribution in [0, 0.1) is 5.92 Å². The number of amides is 3. The molecule has 7 heteroatoms. The Balaban J connectivity index is 1.60. The number of pyridine rings is 1. The molecule has 0 saturated carbocycles. The molecule has 1 aliphatic heterocycles. The molecule has 1 aromatic carbocycles. The standard InChI is InChI=1S/C22H26N4O3/c1-15(2)24-20(27)16-8-11-26(12-9-16)22(29)17-5-3-7-19(13-17)25-21(28)18-6-4-10-23-14-18/h3-7,10,13-16H,8-9,11-12H2,1-2H3,(H,24,27)(H,25,28). The van der Waals surface area contributed by atoms with Crippen molar-refractivity contribution >= 4 is 23.4 Å². The summed E-state index contributed by atoms with van der Waals surface area (Å²) in [5.41, 5.74) is 1.51. The molecule has 152 valence electrons. The molecule has 2 N–H and O–H groups in total. The number of rotatable bonds is 5. The van der Waals surface area contributed by atoms with Gasteiger partial charge in [-0.2, -0.15) is 0 Å². The van der Waals surface area contributed by atoms with Crippen molar-refractivity contribution in [3.63, 3.8) is 0 Å². The van der Waals surface area contributed by atoms with Gasteiger partial charge >= 0.3 is 0 Å². The quantitative estimate of drug-likeness (QED) is 0.816. The maximum Gasteiger partial charge on any atom is 0.257 e. The average Bonchev–Trinajstić information content (AvgIpc) is 2.73. The Morgan fingerprint density at radius 1 is 1.07 bits per heavy atom. The highest BCUT2D eigenvalue weighted by atomic mass is 16.2. The molecule has 0 unspecified atom stereocenters. The molecule has 1 saturated heterocycles. The number of carbonyl (C=O) groups excluding carboxylic acids is 3. The third-order valence-electron chi connectivity index (χ3n) is 4.88. The molecule has 7 nitrogen and oxygen atoms in total. The van der Waals surface area contributed by atoms with Crippen molar-refractivity contribution in [1.29, 1.82) is 0 Å². The van der Waals surface area contributed by atoms with Crippen LogP contribution in [0.1, 0.15) is 47.4 Å². The van der Waals surface area contributed by atoms with E-state index in [-0.39, 0.29) is 29.7 Å². The second-order valence-corrected chi connectivity index (χ2v) is 7.51. The summed E-state index contributed by atoms with van der Waals surface area (Å²) in [4.78, 5) is 43.0. The number of hydrogen-bond acceptors (Lipinski definition) is 4. The topological polar surface area (TPSA) is 91.4 Å². The van der Waals surface area contributed by atoms with E-state index in [2.05, 4.69) is 15.6 Å². The zero-order valence-corrected chi connectivity index (χ0v) is 16.7. The monoisotopic (exact) mass is 394 g/mol. The van der Waals surface area contributed by atoms with Gasteiger partial charge in [-0.25, -0.2) is 0 Å². The predicted octanol–water partition coefficient (Wildman–Crippen LogP) is 2.71. The third-order valence-corrected chi connectivity index (χ3v) is 4.88. The van der Waals surface area contributed by atoms with Gasteiger partial charge in [-0.3, -0.25) is 19.4 Å². The summed E-state index contributed by atoms with van der Waals surface area (Å²) >= 11 is 0. The molecule has 2 heterocycles. The summed E-state index contributed by atoms with van der Waals surface area (Å²) in [6, 6.07) is 10.4. The molecule has 1 aliphatic rings. The number of piperidine rings is 1. The van der Waals surface area contributed by atoms with Crippen LogP contribution in [0.25, 0.3) is 0 Å². The highest BCUT2D eigenvalue weighted by molar-refractivity contribution is 6.05. The van der Waals surface area contributed by atoms with Crippen molar-refractivity contribution in [1.82, 2.24) is 15.2 Å². The second-order valence-electron chi connectivity index (χ2n) is 7.51. The Hall–Kier alpha value is -3.22. The number of benzene rings is 1. The lowest BCUT2D eigenvalue weighted by atomic mass is 9.95. The lowest BCUT2D eigenvalue weighted by molar-refractivity contribution is -0.126. The summed E-state index contributed by atoms with van der Waals surface area (Å²) in [6.45, 7) is 4.97. The van der Waals surface area contributed by atoms with Gasteiger partial charge in [0, 0.05) is 48.7 Å². The number of nitrogens with one attached hydrogen (secondary N) is 2. The van der Waals surface area contributed by atoms with E-state index in [9.17, 15) is 14.4 Å². The molecule has 0 atom stereocenters. The van der Waals surface area contributed by atoms with Gasteiger partial charge in [-0.15, -0.1) is 0 Å². The Labute approximate surface area is 170 Å². The van der Waals surface area contributed by atoms with Crippen LogP contribution >= 0.6 is 0 Å². The van der Waals surface area contributed by atoms with Crippen LogP contribution in [0.4, 0.5) is 5.69 Å². The lowest BCUT2D eigenvalue weighted by Gasteiger charge is -2.31. The summed E-state index contributed by atoms with van der Waals surface area (Å²) in [5.74, 6) is -0.358. The number of hydrogen-bond donors (Lipinski definition) is 2. The van der Waals surface area contributed by atoms with E-state index in [4.69, 9.17) is 0 Å². The molecular weight excluding hydrogens is 368 g/mol. The summed E-state index contributed by atoms with van der Waals surface area (Å²) in [5, 5.41) is 5.73. The number of nitrogens with zero attached hydrogens (tertiary/aromatic N) is 2.